The molecular weight excluding hydrogens is 298 g/mol. The Hall–Kier alpha value is -1.12. The summed E-state index contributed by atoms with van der Waals surface area (Å²) < 4.78 is 26.0. The van der Waals surface area contributed by atoms with Crippen LogP contribution < -0.4 is 16.2 Å². The lowest BCUT2D eigenvalue weighted by molar-refractivity contribution is -0.116. The number of nitrogens with two attached hydrogens (primary N) is 2. The average molecular weight is 308 g/mol. The van der Waals surface area contributed by atoms with Crippen molar-refractivity contribution in [1.82, 2.24) is 4.72 Å². The van der Waals surface area contributed by atoms with Gasteiger partial charge in [0.1, 0.15) is 4.90 Å². The van der Waals surface area contributed by atoms with E-state index in [9.17, 15) is 13.2 Å². The largest absolute Gasteiger partial charge is 0.398 e. The molecule has 0 unspecified atom stereocenters. The third kappa shape index (κ3) is 3.19. The van der Waals surface area contributed by atoms with Crippen LogP contribution in [0.3, 0.4) is 0 Å². The van der Waals surface area contributed by atoms with E-state index in [0.717, 1.165) is 0 Å². The van der Waals surface area contributed by atoms with Gasteiger partial charge in [0.2, 0.25) is 15.9 Å². The summed E-state index contributed by atoms with van der Waals surface area (Å²) in [5, 5.41) is 0. The smallest absolute Gasteiger partial charge is 0.243 e. The number of hydrogen-bond acceptors (Lipinski definition) is 4. The van der Waals surface area contributed by atoms with Gasteiger partial charge in [0.25, 0.3) is 0 Å². The van der Waals surface area contributed by atoms with E-state index in [4.69, 9.17) is 11.5 Å². The predicted molar refractivity (Wildman–Crippen MR) is 62.9 cm³/mol. The van der Waals surface area contributed by atoms with Gasteiger partial charge >= 0.3 is 0 Å². The van der Waals surface area contributed by atoms with Gasteiger partial charge in [-0.1, -0.05) is 15.9 Å². The van der Waals surface area contributed by atoms with Crippen LogP contribution in [0.4, 0.5) is 5.69 Å². The monoisotopic (exact) mass is 307 g/mol. The van der Waals surface area contributed by atoms with Crippen LogP contribution in [0.2, 0.25) is 0 Å². The number of nitrogens with one attached hydrogen (secondary N) is 1. The van der Waals surface area contributed by atoms with Crippen LogP contribution in [-0.2, 0) is 14.8 Å². The first-order valence-corrected chi connectivity index (χ1v) is 6.43. The second-order valence-corrected chi connectivity index (χ2v) is 5.62. The van der Waals surface area contributed by atoms with E-state index in [-0.39, 0.29) is 10.6 Å². The Morgan fingerprint density at radius 1 is 1.44 bits per heavy atom. The first-order chi connectivity index (χ1) is 7.33. The van der Waals surface area contributed by atoms with Crippen LogP contribution >= 0.6 is 15.9 Å². The fraction of sp³-hybridized carbons (Fsp3) is 0.125. The number of hydrogen-bond donors (Lipinski definition) is 3. The second kappa shape index (κ2) is 4.81. The van der Waals surface area contributed by atoms with E-state index in [1.807, 2.05) is 4.72 Å². The van der Waals surface area contributed by atoms with Crippen molar-refractivity contribution in [2.24, 2.45) is 5.73 Å². The number of benzene rings is 1. The van der Waals surface area contributed by atoms with Crippen molar-refractivity contribution in [3.63, 3.8) is 0 Å². The standard InChI is InChI=1S/C8H10BrN3O3S/c9-5-1-2-6(10)7(3-5)16(14,15)12-4-8(11)13/h1-3,12H,4,10H2,(H2,11,13). The molecule has 88 valence electrons. The van der Waals surface area contributed by atoms with Gasteiger partial charge in [-0.15, -0.1) is 0 Å². The van der Waals surface area contributed by atoms with Gasteiger partial charge in [-0.2, -0.15) is 0 Å². The summed E-state index contributed by atoms with van der Waals surface area (Å²) in [6.45, 7) is -0.464. The lowest BCUT2D eigenvalue weighted by Gasteiger charge is -2.08. The van der Waals surface area contributed by atoms with Gasteiger partial charge in [0.15, 0.2) is 0 Å². The highest BCUT2D eigenvalue weighted by atomic mass is 79.9. The van der Waals surface area contributed by atoms with Crippen molar-refractivity contribution >= 4 is 37.5 Å². The van der Waals surface area contributed by atoms with Crippen LogP contribution in [0.1, 0.15) is 0 Å². The van der Waals surface area contributed by atoms with Crippen molar-refractivity contribution < 1.29 is 13.2 Å². The third-order valence-electron chi connectivity index (χ3n) is 1.70. The van der Waals surface area contributed by atoms with E-state index in [1.165, 1.54) is 12.1 Å². The molecule has 16 heavy (non-hydrogen) atoms. The van der Waals surface area contributed by atoms with Gasteiger partial charge in [0.05, 0.1) is 12.2 Å². The van der Waals surface area contributed by atoms with Gasteiger partial charge in [-0.25, -0.2) is 13.1 Å². The van der Waals surface area contributed by atoms with Gasteiger partial charge in [-0.3, -0.25) is 4.79 Å². The quantitative estimate of drug-likeness (QED) is 0.668. The van der Waals surface area contributed by atoms with Crippen LogP contribution in [0.15, 0.2) is 27.6 Å². The fourth-order valence-electron chi connectivity index (χ4n) is 0.985. The normalized spacial score (nSPS) is 11.3. The summed E-state index contributed by atoms with van der Waals surface area (Å²) in [7, 11) is -3.81. The molecule has 0 bridgehead atoms. The number of amides is 1. The minimum Gasteiger partial charge on any atom is -0.398 e. The molecule has 0 aromatic heterocycles. The molecule has 1 amide bonds. The lowest BCUT2D eigenvalue weighted by atomic mass is 10.3. The molecule has 5 N–H and O–H groups in total. The topological polar surface area (TPSA) is 115 Å². The Morgan fingerprint density at radius 2 is 2.06 bits per heavy atom. The number of rotatable bonds is 4. The fourth-order valence-corrected chi connectivity index (χ4v) is 2.65. The van der Waals surface area contributed by atoms with Crippen molar-refractivity contribution in [3.8, 4) is 0 Å². The summed E-state index contributed by atoms with van der Waals surface area (Å²) in [5.41, 5.74) is 10.5. The molecule has 0 atom stereocenters. The van der Waals surface area contributed by atoms with Crippen LogP contribution in [0.5, 0.6) is 0 Å². The molecule has 0 spiro atoms. The van der Waals surface area contributed by atoms with Gasteiger partial charge in [-0.05, 0) is 18.2 Å². The van der Waals surface area contributed by atoms with Crippen molar-refractivity contribution in [3.05, 3.63) is 22.7 Å². The maximum absolute atomic E-state index is 11.7. The number of nitrogen functional groups attached to an aromatic ring is 1. The first kappa shape index (κ1) is 12.9. The molecule has 0 fully saturated rings. The van der Waals surface area contributed by atoms with E-state index in [0.29, 0.717) is 4.47 Å². The van der Waals surface area contributed by atoms with E-state index < -0.39 is 22.5 Å². The number of halogens is 1. The highest BCUT2D eigenvalue weighted by Gasteiger charge is 2.18. The minimum absolute atomic E-state index is 0.0943. The Bertz CT molecular complexity index is 515. The van der Waals surface area contributed by atoms with E-state index in [1.54, 1.807) is 6.07 Å². The van der Waals surface area contributed by atoms with E-state index in [2.05, 4.69) is 15.9 Å². The lowest BCUT2D eigenvalue weighted by Crippen LogP contribution is -2.33. The summed E-state index contributed by atoms with van der Waals surface area (Å²) in [5.74, 6) is -0.767. The predicted octanol–water partition coefficient (Wildman–Crippen LogP) is -0.205. The maximum atomic E-state index is 11.7. The van der Waals surface area contributed by atoms with Gasteiger partial charge in [0, 0.05) is 4.47 Å². The molecule has 1 aromatic rings. The second-order valence-electron chi connectivity index (χ2n) is 2.97. The highest BCUT2D eigenvalue weighted by Crippen LogP contribution is 2.22. The Balaban J connectivity index is 3.07. The van der Waals surface area contributed by atoms with Crippen LogP contribution in [0.25, 0.3) is 0 Å². The van der Waals surface area contributed by atoms with Crippen molar-refractivity contribution in [2.45, 2.75) is 4.90 Å². The molecule has 0 aliphatic heterocycles. The number of primary amides is 1. The summed E-state index contributed by atoms with van der Waals surface area (Å²) >= 11 is 3.13. The summed E-state index contributed by atoms with van der Waals surface area (Å²) in [6.07, 6.45) is 0. The maximum Gasteiger partial charge on any atom is 0.243 e. The van der Waals surface area contributed by atoms with Crippen LogP contribution in [-0.4, -0.2) is 20.9 Å². The average Bonchev–Trinajstić information content (AvgIpc) is 2.19. The SMILES string of the molecule is NC(=O)CNS(=O)(=O)c1cc(Br)ccc1N. The summed E-state index contributed by atoms with van der Waals surface area (Å²) in [6, 6.07) is 4.41. The zero-order chi connectivity index (χ0) is 12.3. The van der Waals surface area contributed by atoms with Crippen molar-refractivity contribution in [2.75, 3.05) is 12.3 Å². The molecule has 1 aromatic carbocycles. The molecule has 0 aliphatic carbocycles. The number of sulfonamides is 1. The number of carbonyl (C=O) groups is 1. The first-order valence-electron chi connectivity index (χ1n) is 4.16. The zero-order valence-electron chi connectivity index (χ0n) is 8.10. The van der Waals surface area contributed by atoms with E-state index >= 15 is 0 Å². The zero-order valence-corrected chi connectivity index (χ0v) is 10.5. The van der Waals surface area contributed by atoms with Crippen molar-refractivity contribution in [1.29, 1.82) is 0 Å². The molecule has 0 saturated carbocycles. The Kier molecular flexibility index (Phi) is 3.89. The highest BCUT2D eigenvalue weighted by molar-refractivity contribution is 9.10. The molecule has 8 heteroatoms. The molecule has 0 saturated heterocycles. The molecule has 0 aliphatic rings. The van der Waals surface area contributed by atoms with Crippen LogP contribution in [0, 0.1) is 0 Å². The molecule has 6 nitrogen and oxygen atoms in total. The summed E-state index contributed by atoms with van der Waals surface area (Å²) in [4.78, 5) is 10.4. The molecule has 1 rings (SSSR count). The molecule has 0 radical (unpaired) electrons. The third-order valence-corrected chi connectivity index (χ3v) is 3.65. The molecule has 0 heterocycles. The number of carbonyl (C=O) groups excluding carboxylic acids is 1. The Labute approximate surface area is 101 Å². The van der Waals surface area contributed by atoms with Gasteiger partial charge < -0.3 is 11.5 Å². The Morgan fingerprint density at radius 3 is 2.62 bits per heavy atom. The number of anilines is 1. The molecular formula is C8H10BrN3O3S. The minimum atomic E-state index is -3.81.